The number of thiophene rings is 1. The number of halogens is 1. The van der Waals surface area contributed by atoms with Crippen LogP contribution < -0.4 is 10.2 Å². The van der Waals surface area contributed by atoms with Gasteiger partial charge >= 0.3 is 6.03 Å². The number of carbonyl (C=O) groups excluding carboxylic acids is 1. The number of hydrogen-bond donors (Lipinski definition) is 1. The number of urea groups is 1. The summed E-state index contributed by atoms with van der Waals surface area (Å²) in [7, 11) is 0. The van der Waals surface area contributed by atoms with E-state index in [0.717, 1.165) is 13.1 Å². The lowest BCUT2D eigenvalue weighted by atomic mass is 10.1. The largest absolute Gasteiger partial charge is 0.360 e. The summed E-state index contributed by atoms with van der Waals surface area (Å²) in [5.41, 5.74) is 0.699. The number of nitrogens with zero attached hydrogens (tertiary/aromatic N) is 3. The highest BCUT2D eigenvalue weighted by molar-refractivity contribution is 7.14. The van der Waals surface area contributed by atoms with Gasteiger partial charge in [0, 0.05) is 38.3 Å². The first kappa shape index (κ1) is 16.3. The molecule has 1 aromatic heterocycles. The van der Waals surface area contributed by atoms with Crippen molar-refractivity contribution in [2.45, 2.75) is 6.54 Å². The Bertz CT molecular complexity index is 748. The van der Waals surface area contributed by atoms with Gasteiger partial charge in [0.15, 0.2) is 0 Å². The normalized spacial score (nSPS) is 14.3. The molecular formula is C17H17FN4OS. The lowest BCUT2D eigenvalue weighted by Crippen LogP contribution is -2.51. The number of carbonyl (C=O) groups is 1. The van der Waals surface area contributed by atoms with E-state index < -0.39 is 5.82 Å². The van der Waals surface area contributed by atoms with Crippen molar-refractivity contribution in [1.82, 2.24) is 10.2 Å². The van der Waals surface area contributed by atoms with Crippen LogP contribution >= 0.6 is 11.3 Å². The second-order valence-electron chi connectivity index (χ2n) is 5.50. The van der Waals surface area contributed by atoms with Gasteiger partial charge in [-0.05, 0) is 35.7 Å². The molecule has 5 nitrogen and oxygen atoms in total. The molecule has 2 amide bonds. The Morgan fingerprint density at radius 1 is 1.29 bits per heavy atom. The molecule has 2 aromatic rings. The second-order valence-corrected chi connectivity index (χ2v) is 6.43. The van der Waals surface area contributed by atoms with Gasteiger partial charge in [-0.3, -0.25) is 0 Å². The van der Waals surface area contributed by atoms with Crippen LogP contribution in [0.4, 0.5) is 14.2 Å². The van der Waals surface area contributed by atoms with Crippen LogP contribution in [0.2, 0.25) is 0 Å². The first-order valence-electron chi connectivity index (χ1n) is 7.67. The Labute approximate surface area is 143 Å². The van der Waals surface area contributed by atoms with Gasteiger partial charge in [-0.1, -0.05) is 0 Å². The van der Waals surface area contributed by atoms with Gasteiger partial charge in [-0.15, -0.1) is 11.3 Å². The molecule has 1 aliphatic rings. The summed E-state index contributed by atoms with van der Waals surface area (Å²) in [6.07, 6.45) is 0. The standard InChI is InChI=1S/C17H17FN4OS/c18-15-4-3-13(11-19)10-14(15)12-20-17(23)22-7-5-21(6-8-22)16-2-1-9-24-16/h1-4,9-10H,5-8,12H2,(H,20,23). The molecule has 1 N–H and O–H groups in total. The smallest absolute Gasteiger partial charge is 0.317 e. The van der Waals surface area contributed by atoms with Crippen molar-refractivity contribution in [3.63, 3.8) is 0 Å². The molecule has 0 bridgehead atoms. The maximum Gasteiger partial charge on any atom is 0.317 e. The number of piperazine rings is 1. The lowest BCUT2D eigenvalue weighted by Gasteiger charge is -2.35. The predicted molar refractivity (Wildman–Crippen MR) is 91.5 cm³/mol. The van der Waals surface area contributed by atoms with Crippen LogP contribution in [0.1, 0.15) is 11.1 Å². The summed E-state index contributed by atoms with van der Waals surface area (Å²) >= 11 is 1.69. The number of hydrogen-bond acceptors (Lipinski definition) is 4. The third-order valence-corrected chi connectivity index (χ3v) is 4.92. The highest BCUT2D eigenvalue weighted by atomic mass is 32.1. The third kappa shape index (κ3) is 3.66. The Morgan fingerprint density at radius 3 is 2.75 bits per heavy atom. The van der Waals surface area contributed by atoms with Crippen LogP contribution in [-0.4, -0.2) is 37.1 Å². The summed E-state index contributed by atoms with van der Waals surface area (Å²) in [6, 6.07) is 9.99. The second kappa shape index (κ2) is 7.32. The van der Waals surface area contributed by atoms with E-state index in [-0.39, 0.29) is 12.6 Å². The number of amides is 2. The molecule has 7 heteroatoms. The average molecular weight is 344 g/mol. The van der Waals surface area contributed by atoms with Crippen LogP contribution in [0.25, 0.3) is 0 Å². The summed E-state index contributed by atoms with van der Waals surface area (Å²) in [5.74, 6) is -0.420. The minimum atomic E-state index is -0.420. The molecule has 0 radical (unpaired) electrons. The van der Waals surface area contributed by atoms with Crippen molar-refractivity contribution in [3.8, 4) is 6.07 Å². The fraction of sp³-hybridized carbons (Fsp3) is 0.294. The molecule has 3 rings (SSSR count). The molecule has 124 valence electrons. The molecule has 1 aliphatic heterocycles. The Hall–Kier alpha value is -2.59. The minimum absolute atomic E-state index is 0.0747. The minimum Gasteiger partial charge on any atom is -0.360 e. The molecule has 0 saturated carbocycles. The predicted octanol–water partition coefficient (Wildman–Crippen LogP) is 2.79. The molecule has 1 fully saturated rings. The summed E-state index contributed by atoms with van der Waals surface area (Å²) in [4.78, 5) is 16.2. The highest BCUT2D eigenvalue weighted by Gasteiger charge is 2.21. The van der Waals surface area contributed by atoms with E-state index >= 15 is 0 Å². The zero-order valence-corrected chi connectivity index (χ0v) is 13.9. The molecule has 1 aromatic carbocycles. The van der Waals surface area contributed by atoms with Crippen LogP contribution in [0.5, 0.6) is 0 Å². The lowest BCUT2D eigenvalue weighted by molar-refractivity contribution is 0.194. The van der Waals surface area contributed by atoms with E-state index in [1.54, 1.807) is 16.2 Å². The van der Waals surface area contributed by atoms with E-state index in [1.807, 2.05) is 17.5 Å². The topological polar surface area (TPSA) is 59.4 Å². The number of nitrogens with one attached hydrogen (secondary N) is 1. The molecule has 0 unspecified atom stereocenters. The highest BCUT2D eigenvalue weighted by Crippen LogP contribution is 2.22. The molecule has 1 saturated heterocycles. The number of benzene rings is 1. The van der Waals surface area contributed by atoms with E-state index in [0.29, 0.717) is 24.2 Å². The Morgan fingerprint density at radius 2 is 2.08 bits per heavy atom. The van der Waals surface area contributed by atoms with Crippen LogP contribution in [0, 0.1) is 17.1 Å². The third-order valence-electron chi connectivity index (χ3n) is 3.99. The van der Waals surface area contributed by atoms with Crippen molar-refractivity contribution in [2.75, 3.05) is 31.1 Å². The summed E-state index contributed by atoms with van der Waals surface area (Å²) in [5, 5.41) is 14.9. The van der Waals surface area contributed by atoms with Gasteiger partial charge in [0.05, 0.1) is 16.6 Å². The van der Waals surface area contributed by atoms with E-state index in [4.69, 9.17) is 5.26 Å². The van der Waals surface area contributed by atoms with Crippen molar-refractivity contribution >= 4 is 22.4 Å². The molecule has 0 spiro atoms. The molecule has 0 atom stereocenters. The van der Waals surface area contributed by atoms with Gasteiger partial charge in [0.2, 0.25) is 0 Å². The fourth-order valence-corrected chi connectivity index (χ4v) is 3.43. The maximum absolute atomic E-state index is 13.7. The van der Waals surface area contributed by atoms with Gasteiger partial charge in [0.1, 0.15) is 5.82 Å². The average Bonchev–Trinajstić information content (AvgIpc) is 3.15. The maximum atomic E-state index is 13.7. The monoisotopic (exact) mass is 344 g/mol. The molecule has 24 heavy (non-hydrogen) atoms. The van der Waals surface area contributed by atoms with Gasteiger partial charge in [-0.2, -0.15) is 5.26 Å². The first-order chi connectivity index (χ1) is 11.7. The zero-order valence-electron chi connectivity index (χ0n) is 13.0. The molecular weight excluding hydrogens is 327 g/mol. The van der Waals surface area contributed by atoms with Gasteiger partial charge < -0.3 is 15.1 Å². The van der Waals surface area contributed by atoms with Crippen LogP contribution in [0.3, 0.4) is 0 Å². The Kier molecular flexibility index (Phi) is 4.96. The first-order valence-corrected chi connectivity index (χ1v) is 8.55. The number of nitriles is 1. The molecule has 2 heterocycles. The number of anilines is 1. The van der Waals surface area contributed by atoms with Crippen LogP contribution in [0.15, 0.2) is 35.7 Å². The van der Waals surface area contributed by atoms with Crippen molar-refractivity contribution < 1.29 is 9.18 Å². The SMILES string of the molecule is N#Cc1ccc(F)c(CNC(=O)N2CCN(c3cccs3)CC2)c1. The van der Waals surface area contributed by atoms with Crippen LogP contribution in [-0.2, 0) is 6.54 Å². The van der Waals surface area contributed by atoms with E-state index in [9.17, 15) is 9.18 Å². The zero-order chi connectivity index (χ0) is 16.9. The van der Waals surface area contributed by atoms with E-state index in [1.165, 1.54) is 23.2 Å². The van der Waals surface area contributed by atoms with Gasteiger partial charge in [-0.25, -0.2) is 9.18 Å². The van der Waals surface area contributed by atoms with E-state index in [2.05, 4.69) is 16.3 Å². The summed E-state index contributed by atoms with van der Waals surface area (Å²) < 4.78 is 13.7. The van der Waals surface area contributed by atoms with Gasteiger partial charge in [0.25, 0.3) is 0 Å². The van der Waals surface area contributed by atoms with Crippen molar-refractivity contribution in [1.29, 1.82) is 5.26 Å². The molecule has 0 aliphatic carbocycles. The fourth-order valence-electron chi connectivity index (χ4n) is 2.64. The Balaban J connectivity index is 1.52. The van der Waals surface area contributed by atoms with Crippen molar-refractivity contribution in [2.24, 2.45) is 0 Å². The number of rotatable bonds is 3. The quantitative estimate of drug-likeness (QED) is 0.931. The van der Waals surface area contributed by atoms with Crippen molar-refractivity contribution in [3.05, 3.63) is 52.7 Å². The summed E-state index contributed by atoms with van der Waals surface area (Å²) in [6.45, 7) is 2.90.